The second kappa shape index (κ2) is 7.81. The lowest BCUT2D eigenvalue weighted by molar-refractivity contribution is -0.132. The Kier molecular flexibility index (Phi) is 6.28. The molecule has 2 heterocycles. The number of carbonyl (C=O) groups excluding carboxylic acids is 1. The first-order valence-electron chi connectivity index (χ1n) is 7.69. The normalized spacial score (nSPS) is 24.5. The van der Waals surface area contributed by atoms with Crippen molar-refractivity contribution in [2.24, 2.45) is 0 Å². The first kappa shape index (κ1) is 18.5. The summed E-state index contributed by atoms with van der Waals surface area (Å²) in [5, 5.41) is 3.27. The van der Waals surface area contributed by atoms with E-state index in [0.29, 0.717) is 13.0 Å². The van der Waals surface area contributed by atoms with E-state index in [1.807, 2.05) is 11.8 Å². The molecule has 1 aromatic rings. The second-order valence-corrected chi connectivity index (χ2v) is 6.79. The number of piperidine rings is 1. The largest absolute Gasteiger partial charge is 0.484 e. The summed E-state index contributed by atoms with van der Waals surface area (Å²) in [7, 11) is 0. The predicted octanol–water partition coefficient (Wildman–Crippen LogP) is 3.05. The molecule has 1 aromatic carbocycles. The van der Waals surface area contributed by atoms with Crippen LogP contribution < -0.4 is 10.1 Å². The van der Waals surface area contributed by atoms with Gasteiger partial charge in [0.05, 0.1) is 6.04 Å². The van der Waals surface area contributed by atoms with Gasteiger partial charge in [-0.05, 0) is 44.0 Å². The van der Waals surface area contributed by atoms with Gasteiger partial charge in [0.15, 0.2) is 11.6 Å². The number of amides is 1. The minimum Gasteiger partial charge on any atom is -0.484 e. The Balaban J connectivity index is 0.00000192. The van der Waals surface area contributed by atoms with Gasteiger partial charge in [0.2, 0.25) is 5.91 Å². The van der Waals surface area contributed by atoms with Gasteiger partial charge in [-0.1, -0.05) is 15.9 Å². The minimum atomic E-state index is -0.380. The molecule has 0 radical (unpaired) electrons. The van der Waals surface area contributed by atoms with Crippen molar-refractivity contribution in [1.82, 2.24) is 10.2 Å². The molecule has 2 aliphatic rings. The average Bonchev–Trinajstić information content (AvgIpc) is 2.91. The maximum Gasteiger partial charge on any atom is 0.223 e. The summed E-state index contributed by atoms with van der Waals surface area (Å²) in [5.74, 6) is 0.0635. The zero-order valence-corrected chi connectivity index (χ0v) is 15.4. The molecule has 0 spiro atoms. The SMILES string of the molecule is Cc1cc(O[C@@H]2CNCCC2N2CCCC2=O)c(F)cc1Br.Cl. The highest BCUT2D eigenvalue weighted by Crippen LogP contribution is 2.29. The van der Waals surface area contributed by atoms with Crippen LogP contribution >= 0.6 is 28.3 Å². The summed E-state index contributed by atoms with van der Waals surface area (Å²) >= 11 is 3.32. The van der Waals surface area contributed by atoms with E-state index in [0.717, 1.165) is 36.0 Å². The molecule has 128 valence electrons. The maximum atomic E-state index is 14.1. The van der Waals surface area contributed by atoms with Gasteiger partial charge in [-0.25, -0.2) is 4.39 Å². The number of nitrogens with zero attached hydrogens (tertiary/aromatic N) is 1. The molecule has 2 atom stereocenters. The van der Waals surface area contributed by atoms with Crippen molar-refractivity contribution in [1.29, 1.82) is 0 Å². The van der Waals surface area contributed by atoms with Crippen LogP contribution in [0.1, 0.15) is 24.8 Å². The molecule has 0 aromatic heterocycles. The lowest BCUT2D eigenvalue weighted by atomic mass is 10.0. The smallest absolute Gasteiger partial charge is 0.223 e. The number of hydrogen-bond acceptors (Lipinski definition) is 3. The fraction of sp³-hybridized carbons (Fsp3) is 0.562. The highest BCUT2D eigenvalue weighted by molar-refractivity contribution is 9.10. The van der Waals surface area contributed by atoms with Crippen LogP contribution in [0.4, 0.5) is 4.39 Å². The molecule has 3 rings (SSSR count). The zero-order chi connectivity index (χ0) is 15.7. The first-order chi connectivity index (χ1) is 10.6. The van der Waals surface area contributed by atoms with Crippen LogP contribution in [0, 0.1) is 12.7 Å². The number of halogens is 3. The zero-order valence-electron chi connectivity index (χ0n) is 13.0. The van der Waals surface area contributed by atoms with E-state index in [2.05, 4.69) is 21.2 Å². The molecule has 0 bridgehead atoms. The summed E-state index contributed by atoms with van der Waals surface area (Å²) < 4.78 is 20.8. The monoisotopic (exact) mass is 406 g/mol. The molecular formula is C16H21BrClFN2O2. The first-order valence-corrected chi connectivity index (χ1v) is 8.48. The number of rotatable bonds is 3. The van der Waals surface area contributed by atoms with E-state index < -0.39 is 0 Å². The van der Waals surface area contributed by atoms with Crippen molar-refractivity contribution in [2.75, 3.05) is 19.6 Å². The molecule has 2 saturated heterocycles. The molecule has 2 fully saturated rings. The quantitative estimate of drug-likeness (QED) is 0.837. The van der Waals surface area contributed by atoms with Crippen molar-refractivity contribution in [3.8, 4) is 5.75 Å². The Bertz CT molecular complexity index is 587. The van der Waals surface area contributed by atoms with Crippen LogP contribution in [0.2, 0.25) is 0 Å². The number of benzene rings is 1. The van der Waals surface area contributed by atoms with E-state index >= 15 is 0 Å². The molecule has 1 amide bonds. The molecular weight excluding hydrogens is 387 g/mol. The predicted molar refractivity (Wildman–Crippen MR) is 92.7 cm³/mol. The fourth-order valence-corrected chi connectivity index (χ4v) is 3.51. The summed E-state index contributed by atoms with van der Waals surface area (Å²) in [5.41, 5.74) is 0.925. The molecule has 2 aliphatic heterocycles. The van der Waals surface area contributed by atoms with Gasteiger partial charge in [0.25, 0.3) is 0 Å². The molecule has 7 heteroatoms. The van der Waals surface area contributed by atoms with Crippen LogP contribution in [0.25, 0.3) is 0 Å². The Morgan fingerprint density at radius 1 is 1.43 bits per heavy atom. The maximum absolute atomic E-state index is 14.1. The Morgan fingerprint density at radius 2 is 2.22 bits per heavy atom. The third-order valence-electron chi connectivity index (χ3n) is 4.39. The lowest BCUT2D eigenvalue weighted by Crippen LogP contribution is -2.55. The van der Waals surface area contributed by atoms with E-state index in [4.69, 9.17) is 4.74 Å². The van der Waals surface area contributed by atoms with E-state index in [1.165, 1.54) is 6.07 Å². The number of nitrogens with one attached hydrogen (secondary N) is 1. The molecule has 4 nitrogen and oxygen atoms in total. The summed E-state index contributed by atoms with van der Waals surface area (Å²) in [4.78, 5) is 13.9. The van der Waals surface area contributed by atoms with Gasteiger partial charge < -0.3 is 15.0 Å². The molecule has 0 aliphatic carbocycles. The number of carbonyl (C=O) groups is 1. The van der Waals surface area contributed by atoms with E-state index in [9.17, 15) is 9.18 Å². The van der Waals surface area contributed by atoms with Crippen LogP contribution in [0.15, 0.2) is 16.6 Å². The van der Waals surface area contributed by atoms with Crippen LogP contribution in [0.5, 0.6) is 5.75 Å². The Hall–Kier alpha value is -0.850. The molecule has 23 heavy (non-hydrogen) atoms. The molecule has 1 N–H and O–H groups in total. The van der Waals surface area contributed by atoms with E-state index in [-0.39, 0.29) is 42.0 Å². The molecule has 1 unspecified atom stereocenters. The van der Waals surface area contributed by atoms with Gasteiger partial charge in [0, 0.05) is 24.0 Å². The number of aryl methyl sites for hydroxylation is 1. The van der Waals surface area contributed by atoms with E-state index in [1.54, 1.807) is 6.07 Å². The summed E-state index contributed by atoms with van der Waals surface area (Å²) in [6.07, 6.45) is 2.14. The Labute approximate surface area is 150 Å². The van der Waals surface area contributed by atoms with Gasteiger partial charge in [-0.3, -0.25) is 4.79 Å². The van der Waals surface area contributed by atoms with Crippen molar-refractivity contribution < 1.29 is 13.9 Å². The minimum absolute atomic E-state index is 0. The van der Waals surface area contributed by atoms with Crippen molar-refractivity contribution in [3.05, 3.63) is 28.0 Å². The second-order valence-electron chi connectivity index (χ2n) is 5.94. The summed E-state index contributed by atoms with van der Waals surface area (Å²) in [6.45, 7) is 4.17. The fourth-order valence-electron chi connectivity index (χ4n) is 3.20. The standard InChI is InChI=1S/C16H20BrFN2O2.ClH/c1-10-7-14(12(18)8-11(10)17)22-15-9-19-5-4-13(15)20-6-2-3-16(20)21;/h7-8,13,15,19H,2-6,9H2,1H3;1H/t13?,15-;/m1./s1. The van der Waals surface area contributed by atoms with Gasteiger partial charge in [-0.15, -0.1) is 12.4 Å². The van der Waals surface area contributed by atoms with Gasteiger partial charge in [-0.2, -0.15) is 0 Å². The van der Waals surface area contributed by atoms with Gasteiger partial charge >= 0.3 is 0 Å². The average molecular weight is 408 g/mol. The summed E-state index contributed by atoms with van der Waals surface area (Å²) in [6, 6.07) is 3.16. The lowest BCUT2D eigenvalue weighted by Gasteiger charge is -2.38. The van der Waals surface area contributed by atoms with Crippen LogP contribution in [-0.2, 0) is 4.79 Å². The highest BCUT2D eigenvalue weighted by atomic mass is 79.9. The topological polar surface area (TPSA) is 41.6 Å². The Morgan fingerprint density at radius 3 is 2.91 bits per heavy atom. The third kappa shape index (κ3) is 3.98. The highest BCUT2D eigenvalue weighted by Gasteiger charge is 2.36. The number of likely N-dealkylation sites (tertiary alicyclic amines) is 1. The third-order valence-corrected chi connectivity index (χ3v) is 5.25. The number of ether oxygens (including phenoxy) is 1. The van der Waals surface area contributed by atoms with Crippen molar-refractivity contribution in [2.45, 2.75) is 38.3 Å². The molecule has 0 saturated carbocycles. The van der Waals surface area contributed by atoms with Gasteiger partial charge in [0.1, 0.15) is 6.10 Å². The van der Waals surface area contributed by atoms with Crippen LogP contribution in [0.3, 0.4) is 0 Å². The van der Waals surface area contributed by atoms with Crippen molar-refractivity contribution >= 4 is 34.2 Å². The number of hydrogen-bond donors (Lipinski definition) is 1. The van der Waals surface area contributed by atoms with Crippen molar-refractivity contribution in [3.63, 3.8) is 0 Å². The van der Waals surface area contributed by atoms with Crippen LogP contribution in [-0.4, -0.2) is 42.6 Å².